The molecule has 27 heavy (non-hydrogen) atoms. The van der Waals surface area contributed by atoms with E-state index in [0.29, 0.717) is 0 Å². The van der Waals surface area contributed by atoms with Crippen LogP contribution in [0.25, 0.3) is 11.1 Å². The van der Waals surface area contributed by atoms with Gasteiger partial charge in [0.1, 0.15) is 0 Å². The molecule has 0 aromatic heterocycles. The monoisotopic (exact) mass is 361 g/mol. The van der Waals surface area contributed by atoms with E-state index in [0.717, 1.165) is 12.0 Å². The van der Waals surface area contributed by atoms with E-state index in [-0.39, 0.29) is 10.8 Å². The normalized spacial score (nSPS) is 17.7. The molecule has 0 heterocycles. The molecule has 0 spiro atoms. The molecule has 142 valence electrons. The number of fused-ring (bicyclic) bond motifs is 1. The van der Waals surface area contributed by atoms with Crippen LogP contribution in [0.2, 0.25) is 0 Å². The van der Waals surface area contributed by atoms with Crippen LogP contribution in [0.1, 0.15) is 68.4 Å². The lowest BCUT2D eigenvalue weighted by Gasteiger charge is -2.42. The van der Waals surface area contributed by atoms with Crippen molar-refractivity contribution < 1.29 is 5.21 Å². The van der Waals surface area contributed by atoms with Crippen molar-refractivity contribution >= 4 is 6.21 Å². The molecule has 0 amide bonds. The van der Waals surface area contributed by atoms with Gasteiger partial charge in [-0.3, -0.25) is 0 Å². The predicted molar refractivity (Wildman–Crippen MR) is 115 cm³/mol. The van der Waals surface area contributed by atoms with Gasteiger partial charge in [0.15, 0.2) is 0 Å². The number of hydrogen-bond donors (Lipinski definition) is 1. The zero-order valence-corrected chi connectivity index (χ0v) is 17.3. The third kappa shape index (κ3) is 3.58. The van der Waals surface area contributed by atoms with E-state index in [1.807, 2.05) is 12.1 Å². The summed E-state index contributed by atoms with van der Waals surface area (Å²) in [4.78, 5) is 0. The van der Waals surface area contributed by atoms with Crippen molar-refractivity contribution in [3.63, 3.8) is 0 Å². The van der Waals surface area contributed by atoms with Crippen LogP contribution in [0.15, 0.2) is 48.1 Å². The van der Waals surface area contributed by atoms with Crippen LogP contribution >= 0.6 is 0 Å². The molecule has 2 nitrogen and oxygen atoms in total. The van der Waals surface area contributed by atoms with Crippen LogP contribution in [-0.2, 0) is 17.3 Å². The number of hydrogen-bond acceptors (Lipinski definition) is 2. The van der Waals surface area contributed by atoms with Crippen molar-refractivity contribution in [1.29, 1.82) is 0 Å². The summed E-state index contributed by atoms with van der Waals surface area (Å²) >= 11 is 0. The van der Waals surface area contributed by atoms with Gasteiger partial charge >= 0.3 is 0 Å². The Kier molecular flexibility index (Phi) is 5.03. The van der Waals surface area contributed by atoms with Gasteiger partial charge in [-0.25, -0.2) is 0 Å². The molecule has 0 atom stereocenters. The third-order valence-corrected chi connectivity index (χ3v) is 6.19. The number of nitrogens with zero attached hydrogens (tertiary/aromatic N) is 1. The molecule has 0 saturated carbocycles. The second-order valence-corrected chi connectivity index (χ2v) is 9.13. The van der Waals surface area contributed by atoms with Gasteiger partial charge in [0, 0.05) is 0 Å². The van der Waals surface area contributed by atoms with E-state index in [1.165, 1.54) is 52.4 Å². The molecule has 0 unspecified atom stereocenters. The number of benzene rings is 2. The average Bonchev–Trinajstić information content (AvgIpc) is 2.61. The van der Waals surface area contributed by atoms with Crippen molar-refractivity contribution in [1.82, 2.24) is 0 Å². The van der Waals surface area contributed by atoms with Crippen molar-refractivity contribution in [3.05, 3.63) is 70.8 Å². The second-order valence-electron chi connectivity index (χ2n) is 9.13. The van der Waals surface area contributed by atoms with Crippen molar-refractivity contribution in [3.8, 4) is 11.1 Å². The number of oxime groups is 1. The molecule has 1 N–H and O–H groups in total. The molecule has 1 aliphatic rings. The Labute approximate surface area is 163 Å². The van der Waals surface area contributed by atoms with Crippen LogP contribution in [-0.4, -0.2) is 11.4 Å². The lowest BCUT2D eigenvalue weighted by molar-refractivity contribution is 0.322. The smallest absolute Gasteiger partial charge is 0.0734 e. The lowest BCUT2D eigenvalue weighted by atomic mass is 9.62. The molecular weight excluding hydrogens is 330 g/mol. The SMILES string of the molecule is C=CCc1ccc(C=NO)cc1-c1cc2c(cc1C)C(C)(C)CCC2(C)C. The Bertz CT molecular complexity index is 903. The van der Waals surface area contributed by atoms with Gasteiger partial charge in [0.2, 0.25) is 0 Å². The predicted octanol–water partition coefficient (Wildman–Crippen LogP) is 6.55. The summed E-state index contributed by atoms with van der Waals surface area (Å²) in [6, 6.07) is 11.0. The number of allylic oxidation sites excluding steroid dienone is 1. The highest BCUT2D eigenvalue weighted by Gasteiger charge is 2.37. The van der Waals surface area contributed by atoms with Crippen LogP contribution < -0.4 is 0 Å². The van der Waals surface area contributed by atoms with Crippen LogP contribution in [0.5, 0.6) is 0 Å². The maximum absolute atomic E-state index is 8.95. The highest BCUT2D eigenvalue weighted by molar-refractivity contribution is 5.84. The first-order valence-electron chi connectivity index (χ1n) is 9.77. The quantitative estimate of drug-likeness (QED) is 0.285. The molecule has 0 radical (unpaired) electrons. The fraction of sp³-hybridized carbons (Fsp3) is 0.400. The highest BCUT2D eigenvalue weighted by atomic mass is 16.4. The molecular formula is C25H31NO. The summed E-state index contributed by atoms with van der Waals surface area (Å²) in [6.45, 7) is 15.6. The fourth-order valence-corrected chi connectivity index (χ4v) is 4.34. The lowest BCUT2D eigenvalue weighted by Crippen LogP contribution is -2.34. The fourth-order valence-electron chi connectivity index (χ4n) is 4.34. The molecule has 0 bridgehead atoms. The van der Waals surface area contributed by atoms with Gasteiger partial charge in [0.25, 0.3) is 0 Å². The Morgan fingerprint density at radius 2 is 1.63 bits per heavy atom. The van der Waals surface area contributed by atoms with Gasteiger partial charge < -0.3 is 5.21 Å². The van der Waals surface area contributed by atoms with E-state index < -0.39 is 0 Å². The Morgan fingerprint density at radius 1 is 1.00 bits per heavy atom. The zero-order chi connectivity index (χ0) is 19.8. The zero-order valence-electron chi connectivity index (χ0n) is 17.3. The molecule has 0 saturated heterocycles. The molecule has 3 rings (SSSR count). The molecule has 2 aromatic rings. The molecule has 0 aliphatic heterocycles. The summed E-state index contributed by atoms with van der Waals surface area (Å²) in [5, 5.41) is 12.2. The van der Waals surface area contributed by atoms with E-state index in [2.05, 4.69) is 70.6 Å². The largest absolute Gasteiger partial charge is 0.411 e. The summed E-state index contributed by atoms with van der Waals surface area (Å²) in [7, 11) is 0. The Hall–Kier alpha value is -2.35. The summed E-state index contributed by atoms with van der Waals surface area (Å²) < 4.78 is 0. The minimum Gasteiger partial charge on any atom is -0.411 e. The van der Waals surface area contributed by atoms with Gasteiger partial charge in [0.05, 0.1) is 6.21 Å². The minimum absolute atomic E-state index is 0.177. The van der Waals surface area contributed by atoms with E-state index in [9.17, 15) is 0 Å². The molecule has 1 aliphatic carbocycles. The first-order chi connectivity index (χ1) is 12.7. The maximum Gasteiger partial charge on any atom is 0.0734 e. The van der Waals surface area contributed by atoms with Crippen LogP contribution in [0.4, 0.5) is 0 Å². The summed E-state index contributed by atoms with van der Waals surface area (Å²) in [5.41, 5.74) is 9.25. The topological polar surface area (TPSA) is 32.6 Å². The third-order valence-electron chi connectivity index (χ3n) is 6.19. The second kappa shape index (κ2) is 6.99. The van der Waals surface area contributed by atoms with Gasteiger partial charge in [-0.2, -0.15) is 0 Å². The van der Waals surface area contributed by atoms with Crippen molar-refractivity contribution in [2.75, 3.05) is 0 Å². The maximum atomic E-state index is 8.95. The Morgan fingerprint density at radius 3 is 2.22 bits per heavy atom. The van der Waals surface area contributed by atoms with Crippen LogP contribution in [0.3, 0.4) is 0 Å². The number of aryl methyl sites for hydroxylation is 1. The summed E-state index contributed by atoms with van der Waals surface area (Å²) in [6.07, 6.45) is 6.67. The highest BCUT2D eigenvalue weighted by Crippen LogP contribution is 2.47. The first-order valence-corrected chi connectivity index (χ1v) is 9.77. The molecule has 0 fully saturated rings. The van der Waals surface area contributed by atoms with Crippen LogP contribution in [0, 0.1) is 6.92 Å². The van der Waals surface area contributed by atoms with E-state index in [4.69, 9.17) is 5.21 Å². The summed E-state index contributed by atoms with van der Waals surface area (Å²) in [5.74, 6) is 0. The van der Waals surface area contributed by atoms with E-state index in [1.54, 1.807) is 0 Å². The molecule has 2 heteroatoms. The van der Waals surface area contributed by atoms with Gasteiger partial charge in [-0.15, -0.1) is 6.58 Å². The molecule has 2 aromatic carbocycles. The number of rotatable bonds is 4. The standard InChI is InChI=1S/C25H31NO/c1-7-8-19-10-9-18(16-26-27)14-21(19)20-15-23-22(13-17(20)2)24(3,4)11-12-25(23,5)6/h7,9-10,13-16,27H,1,8,11-12H2,2-6H3. The van der Waals surface area contributed by atoms with Gasteiger partial charge in [-0.05, 0) is 82.0 Å². The van der Waals surface area contributed by atoms with Gasteiger partial charge in [-0.1, -0.05) is 63.2 Å². The minimum atomic E-state index is 0.177. The first kappa shape index (κ1) is 19.4. The van der Waals surface area contributed by atoms with Crippen molar-refractivity contribution in [2.45, 2.75) is 64.7 Å². The average molecular weight is 362 g/mol. The Balaban J connectivity index is 2.27. The van der Waals surface area contributed by atoms with E-state index >= 15 is 0 Å². The van der Waals surface area contributed by atoms with Crippen molar-refractivity contribution in [2.24, 2.45) is 5.16 Å².